The molecule has 0 aromatic rings. The van der Waals surface area contributed by atoms with Gasteiger partial charge < -0.3 is 0 Å². The normalized spacial score (nSPS) is 17.4. The summed E-state index contributed by atoms with van der Waals surface area (Å²) in [6.45, 7) is 4.90. The Kier molecular flexibility index (Phi) is 5.37. The van der Waals surface area contributed by atoms with E-state index in [1.165, 1.54) is 6.92 Å². The van der Waals surface area contributed by atoms with Gasteiger partial charge in [-0.3, -0.25) is 8.37 Å². The highest BCUT2D eigenvalue weighted by Crippen LogP contribution is 2.17. The minimum absolute atomic E-state index is 0.188. The first-order chi connectivity index (χ1) is 6.92. The van der Waals surface area contributed by atoms with Crippen molar-refractivity contribution in [3.8, 4) is 0 Å². The first kappa shape index (κ1) is 15.8. The fourth-order valence-corrected chi connectivity index (χ4v) is 2.71. The zero-order valence-corrected chi connectivity index (χ0v) is 11.6. The smallest absolute Gasteiger partial charge is 0.264 e. The molecule has 0 rings (SSSR count). The molecule has 0 radical (unpaired) electrons. The average molecular weight is 274 g/mol. The maximum Gasteiger partial charge on any atom is 0.264 e. The third-order valence-corrected chi connectivity index (χ3v) is 2.96. The van der Waals surface area contributed by atoms with Gasteiger partial charge in [-0.05, 0) is 12.8 Å². The Morgan fingerprint density at radius 2 is 1.19 bits per heavy atom. The summed E-state index contributed by atoms with van der Waals surface area (Å²) in [4.78, 5) is 0. The molecule has 0 aliphatic heterocycles. The molecule has 0 saturated carbocycles. The van der Waals surface area contributed by atoms with Crippen LogP contribution in [0.3, 0.4) is 0 Å². The molecule has 0 aliphatic rings. The van der Waals surface area contributed by atoms with E-state index in [9.17, 15) is 16.8 Å². The van der Waals surface area contributed by atoms with E-state index in [1.54, 1.807) is 13.8 Å². The monoisotopic (exact) mass is 274 g/mol. The van der Waals surface area contributed by atoms with Crippen LogP contribution < -0.4 is 0 Å². The van der Waals surface area contributed by atoms with Crippen LogP contribution >= 0.6 is 0 Å². The quantitative estimate of drug-likeness (QED) is 0.650. The van der Waals surface area contributed by atoms with Crippen molar-refractivity contribution in [2.75, 3.05) is 12.5 Å². The second-order valence-corrected chi connectivity index (χ2v) is 7.22. The third kappa shape index (κ3) is 7.15. The fourth-order valence-electron chi connectivity index (χ4n) is 1.26. The molecule has 2 atom stereocenters. The maximum atomic E-state index is 11.0. The van der Waals surface area contributed by atoms with E-state index in [-0.39, 0.29) is 5.92 Å². The van der Waals surface area contributed by atoms with E-state index >= 15 is 0 Å². The summed E-state index contributed by atoms with van der Waals surface area (Å²) >= 11 is 0. The van der Waals surface area contributed by atoms with Gasteiger partial charge in [0.15, 0.2) is 0 Å². The standard InChI is InChI=1S/C8H18O6S2/c1-6(2)8(14-16(5,11)12)7(3)13-15(4,9)10/h6-8H,1-5H3. The van der Waals surface area contributed by atoms with E-state index in [0.29, 0.717) is 0 Å². The van der Waals surface area contributed by atoms with Crippen molar-refractivity contribution in [2.45, 2.75) is 33.0 Å². The molecule has 0 amide bonds. The molecular weight excluding hydrogens is 256 g/mol. The predicted molar refractivity (Wildman–Crippen MR) is 59.9 cm³/mol. The van der Waals surface area contributed by atoms with Gasteiger partial charge in [-0.2, -0.15) is 16.8 Å². The van der Waals surface area contributed by atoms with Crippen LogP contribution in [0.1, 0.15) is 20.8 Å². The van der Waals surface area contributed by atoms with Crippen molar-refractivity contribution in [3.05, 3.63) is 0 Å². The van der Waals surface area contributed by atoms with Gasteiger partial charge in [0.1, 0.15) is 12.2 Å². The van der Waals surface area contributed by atoms with Gasteiger partial charge in [0.25, 0.3) is 20.2 Å². The number of hydrogen-bond donors (Lipinski definition) is 0. The van der Waals surface area contributed by atoms with Crippen LogP contribution in [0.15, 0.2) is 0 Å². The van der Waals surface area contributed by atoms with Gasteiger partial charge >= 0.3 is 0 Å². The maximum absolute atomic E-state index is 11.0. The largest absolute Gasteiger partial charge is 0.264 e. The van der Waals surface area contributed by atoms with Crippen LogP contribution in [0.25, 0.3) is 0 Å². The average Bonchev–Trinajstić information content (AvgIpc) is 1.94. The first-order valence-electron chi connectivity index (χ1n) is 4.69. The number of hydrogen-bond acceptors (Lipinski definition) is 6. The zero-order valence-electron chi connectivity index (χ0n) is 10.00. The Morgan fingerprint density at radius 1 is 0.812 bits per heavy atom. The van der Waals surface area contributed by atoms with Crippen molar-refractivity contribution < 1.29 is 25.2 Å². The van der Waals surface area contributed by atoms with Gasteiger partial charge in [0.05, 0.1) is 12.5 Å². The van der Waals surface area contributed by atoms with Crippen molar-refractivity contribution in [1.29, 1.82) is 0 Å². The first-order valence-corrected chi connectivity index (χ1v) is 8.32. The molecule has 0 bridgehead atoms. The lowest BCUT2D eigenvalue weighted by atomic mass is 10.0. The third-order valence-electron chi connectivity index (χ3n) is 1.73. The lowest BCUT2D eigenvalue weighted by Crippen LogP contribution is -2.36. The molecule has 16 heavy (non-hydrogen) atoms. The molecule has 0 saturated heterocycles. The SMILES string of the molecule is CC(C)C(OS(C)(=O)=O)C(C)OS(C)(=O)=O. The Bertz CT molecular complexity index is 408. The summed E-state index contributed by atoms with van der Waals surface area (Å²) in [7, 11) is -7.28. The Balaban J connectivity index is 4.80. The second kappa shape index (κ2) is 5.44. The number of rotatable bonds is 6. The van der Waals surface area contributed by atoms with Crippen LogP contribution in [0.2, 0.25) is 0 Å². The van der Waals surface area contributed by atoms with Crippen molar-refractivity contribution >= 4 is 20.2 Å². The highest BCUT2D eigenvalue weighted by molar-refractivity contribution is 7.86. The molecule has 0 aromatic carbocycles. The molecular formula is C8H18O6S2. The topological polar surface area (TPSA) is 86.7 Å². The van der Waals surface area contributed by atoms with Gasteiger partial charge in [-0.1, -0.05) is 13.8 Å². The molecule has 0 N–H and O–H groups in total. The molecule has 0 heterocycles. The summed E-state index contributed by atoms with van der Waals surface area (Å²) in [5, 5.41) is 0. The minimum atomic E-state index is -3.64. The van der Waals surface area contributed by atoms with Crippen molar-refractivity contribution in [2.24, 2.45) is 5.92 Å². The Morgan fingerprint density at radius 3 is 1.44 bits per heavy atom. The van der Waals surface area contributed by atoms with Crippen molar-refractivity contribution in [3.63, 3.8) is 0 Å². The fraction of sp³-hybridized carbons (Fsp3) is 1.00. The van der Waals surface area contributed by atoms with Crippen LogP contribution in [0, 0.1) is 5.92 Å². The Hall–Kier alpha value is -0.180. The van der Waals surface area contributed by atoms with Crippen LogP contribution in [0.5, 0.6) is 0 Å². The van der Waals surface area contributed by atoms with E-state index in [2.05, 4.69) is 4.18 Å². The molecule has 0 spiro atoms. The van der Waals surface area contributed by atoms with Crippen molar-refractivity contribution in [1.82, 2.24) is 0 Å². The van der Waals surface area contributed by atoms with Gasteiger partial charge in [-0.25, -0.2) is 0 Å². The highest BCUT2D eigenvalue weighted by Gasteiger charge is 2.28. The summed E-state index contributed by atoms with van der Waals surface area (Å²) < 4.78 is 53.3. The molecule has 0 aromatic heterocycles. The van der Waals surface area contributed by atoms with Crippen LogP contribution in [-0.4, -0.2) is 41.6 Å². The molecule has 8 heteroatoms. The van der Waals surface area contributed by atoms with Gasteiger partial charge in [0.2, 0.25) is 0 Å². The van der Waals surface area contributed by atoms with Crippen LogP contribution in [-0.2, 0) is 28.6 Å². The minimum Gasteiger partial charge on any atom is -0.264 e. The molecule has 2 unspecified atom stereocenters. The highest BCUT2D eigenvalue weighted by atomic mass is 32.2. The second-order valence-electron chi connectivity index (χ2n) is 4.01. The van der Waals surface area contributed by atoms with E-state index in [1.807, 2.05) is 0 Å². The molecule has 0 fully saturated rings. The molecule has 6 nitrogen and oxygen atoms in total. The van der Waals surface area contributed by atoms with Gasteiger partial charge in [-0.15, -0.1) is 0 Å². The van der Waals surface area contributed by atoms with E-state index in [4.69, 9.17) is 4.18 Å². The summed E-state index contributed by atoms with van der Waals surface area (Å²) in [6.07, 6.45) is 0.131. The zero-order chi connectivity index (χ0) is 13.1. The predicted octanol–water partition coefficient (Wildman–Crippen LogP) is 0.352. The van der Waals surface area contributed by atoms with Gasteiger partial charge in [0, 0.05) is 0 Å². The lowest BCUT2D eigenvalue weighted by molar-refractivity contribution is 0.0449. The molecule has 0 aliphatic carbocycles. The summed E-state index contributed by atoms with van der Waals surface area (Å²) in [5.41, 5.74) is 0. The van der Waals surface area contributed by atoms with E-state index in [0.717, 1.165) is 12.5 Å². The lowest BCUT2D eigenvalue weighted by Gasteiger charge is -2.25. The Labute approximate surface area is 97.2 Å². The summed E-state index contributed by atoms with van der Waals surface area (Å²) in [6, 6.07) is 0. The van der Waals surface area contributed by atoms with Crippen LogP contribution in [0.4, 0.5) is 0 Å². The summed E-state index contributed by atoms with van der Waals surface area (Å²) in [5.74, 6) is -0.188. The molecule has 98 valence electrons. The van der Waals surface area contributed by atoms with E-state index < -0.39 is 32.4 Å².